The summed E-state index contributed by atoms with van der Waals surface area (Å²) in [5.74, 6) is -0.987. The first-order valence-electron chi connectivity index (χ1n) is 8.98. The number of sulfonamides is 1. The molecule has 0 N–H and O–H groups in total. The highest BCUT2D eigenvalue weighted by atomic mass is 32.2. The Morgan fingerprint density at radius 2 is 1.54 bits per heavy atom. The van der Waals surface area contributed by atoms with Crippen molar-refractivity contribution in [2.75, 3.05) is 21.2 Å². The summed E-state index contributed by atoms with van der Waals surface area (Å²) in [7, 11) is 0.275. The molecule has 28 heavy (non-hydrogen) atoms. The minimum absolute atomic E-state index is 0.0153. The van der Waals surface area contributed by atoms with E-state index in [0.29, 0.717) is 0 Å². The van der Waals surface area contributed by atoms with Crippen molar-refractivity contribution in [3.8, 4) is 5.75 Å². The molecule has 0 unspecified atom stereocenters. The van der Waals surface area contributed by atoms with Gasteiger partial charge in [-0.25, -0.2) is 17.5 Å². The predicted molar refractivity (Wildman–Crippen MR) is 106 cm³/mol. The van der Waals surface area contributed by atoms with Gasteiger partial charge in [0.25, 0.3) is 5.91 Å². The Balaban J connectivity index is 3.15. The Kier molecular flexibility index (Phi) is 8.01. The van der Waals surface area contributed by atoms with Crippen LogP contribution in [0.5, 0.6) is 5.75 Å². The minimum Gasteiger partial charge on any atom is -0.495 e. The van der Waals surface area contributed by atoms with Gasteiger partial charge in [0.15, 0.2) is 6.10 Å². The van der Waals surface area contributed by atoms with Crippen LogP contribution >= 0.6 is 0 Å². The molecule has 0 aliphatic carbocycles. The molecule has 0 aliphatic rings. The molecule has 8 nitrogen and oxygen atoms in total. The fourth-order valence-corrected chi connectivity index (χ4v) is 3.87. The number of benzene rings is 1. The summed E-state index contributed by atoms with van der Waals surface area (Å²) in [4.78, 5) is 26.6. The molecule has 0 bridgehead atoms. The summed E-state index contributed by atoms with van der Waals surface area (Å²) in [6, 6.07) is 3.87. The molecule has 158 valence electrons. The van der Waals surface area contributed by atoms with Gasteiger partial charge < -0.3 is 14.4 Å². The Bertz CT molecular complexity index is 810. The van der Waals surface area contributed by atoms with E-state index in [4.69, 9.17) is 9.47 Å². The van der Waals surface area contributed by atoms with Crippen LogP contribution in [-0.2, 0) is 19.6 Å². The Morgan fingerprint density at radius 3 is 1.96 bits per heavy atom. The van der Waals surface area contributed by atoms with E-state index in [9.17, 15) is 18.0 Å². The van der Waals surface area contributed by atoms with Gasteiger partial charge in [-0.3, -0.25) is 4.79 Å². The maximum atomic E-state index is 12.6. The van der Waals surface area contributed by atoms with Gasteiger partial charge in [0.1, 0.15) is 10.6 Å². The number of ether oxygens (including phenoxy) is 2. The summed E-state index contributed by atoms with van der Waals surface area (Å²) in [6.07, 6.45) is -1.01. The SMILES string of the molecule is COc1ccc(C(=O)O[C@H](C)C(=O)N(C(C)C)C(C)C)cc1S(=O)(=O)N(C)C. The van der Waals surface area contributed by atoms with Crippen molar-refractivity contribution < 1.29 is 27.5 Å². The molecule has 9 heteroatoms. The molecule has 0 radical (unpaired) electrons. The lowest BCUT2D eigenvalue weighted by Gasteiger charge is -2.32. The van der Waals surface area contributed by atoms with Crippen molar-refractivity contribution in [1.82, 2.24) is 9.21 Å². The highest BCUT2D eigenvalue weighted by Crippen LogP contribution is 2.27. The second-order valence-corrected chi connectivity index (χ2v) is 9.25. The zero-order valence-corrected chi connectivity index (χ0v) is 18.5. The second kappa shape index (κ2) is 9.38. The van der Waals surface area contributed by atoms with E-state index in [-0.39, 0.29) is 34.2 Å². The first-order valence-corrected chi connectivity index (χ1v) is 10.4. The molecular weight excluding hydrogens is 384 g/mol. The lowest BCUT2D eigenvalue weighted by molar-refractivity contribution is -0.143. The van der Waals surface area contributed by atoms with E-state index < -0.39 is 22.1 Å². The number of amides is 1. The lowest BCUT2D eigenvalue weighted by Crippen LogP contribution is -2.47. The van der Waals surface area contributed by atoms with E-state index in [2.05, 4.69) is 0 Å². The van der Waals surface area contributed by atoms with Gasteiger partial charge >= 0.3 is 5.97 Å². The number of nitrogens with zero attached hydrogens (tertiary/aromatic N) is 2. The highest BCUT2D eigenvalue weighted by Gasteiger charge is 2.29. The minimum atomic E-state index is -3.83. The molecule has 0 aromatic heterocycles. The van der Waals surface area contributed by atoms with Crippen LogP contribution in [0.1, 0.15) is 45.0 Å². The first-order chi connectivity index (χ1) is 12.8. The van der Waals surface area contributed by atoms with Gasteiger partial charge in [-0.1, -0.05) is 0 Å². The Hall–Kier alpha value is -2.13. The third kappa shape index (κ3) is 5.23. The number of hydrogen-bond acceptors (Lipinski definition) is 6. The van der Waals surface area contributed by atoms with Crippen LogP contribution < -0.4 is 4.74 Å². The summed E-state index contributed by atoms with van der Waals surface area (Å²) in [5, 5.41) is 0. The van der Waals surface area contributed by atoms with Gasteiger partial charge in [0.2, 0.25) is 10.0 Å². The maximum absolute atomic E-state index is 12.6. The summed E-state index contributed by atoms with van der Waals surface area (Å²) in [6.45, 7) is 9.03. The molecule has 1 aromatic carbocycles. The monoisotopic (exact) mass is 414 g/mol. The number of esters is 1. The molecule has 1 atom stereocenters. The third-order valence-electron chi connectivity index (χ3n) is 4.16. The Labute approximate surface area is 167 Å². The van der Waals surface area contributed by atoms with Gasteiger partial charge in [0, 0.05) is 26.2 Å². The van der Waals surface area contributed by atoms with E-state index in [1.807, 2.05) is 27.7 Å². The zero-order valence-electron chi connectivity index (χ0n) is 17.7. The molecule has 1 rings (SSSR count). The van der Waals surface area contributed by atoms with Crippen molar-refractivity contribution in [2.45, 2.75) is 57.7 Å². The van der Waals surface area contributed by atoms with Gasteiger partial charge in [-0.2, -0.15) is 0 Å². The average molecular weight is 415 g/mol. The molecule has 0 spiro atoms. The molecular formula is C19H30N2O6S. The highest BCUT2D eigenvalue weighted by molar-refractivity contribution is 7.89. The van der Waals surface area contributed by atoms with Crippen molar-refractivity contribution in [2.24, 2.45) is 0 Å². The molecule has 0 saturated carbocycles. The van der Waals surface area contributed by atoms with Gasteiger partial charge in [-0.05, 0) is 52.8 Å². The van der Waals surface area contributed by atoms with Crippen LogP contribution in [0.3, 0.4) is 0 Å². The fourth-order valence-electron chi connectivity index (χ4n) is 2.80. The predicted octanol–water partition coefficient (Wildman–Crippen LogP) is 2.14. The molecule has 1 aromatic rings. The molecule has 0 saturated heterocycles. The van der Waals surface area contributed by atoms with Crippen molar-refractivity contribution in [1.29, 1.82) is 0 Å². The smallest absolute Gasteiger partial charge is 0.338 e. The molecule has 0 heterocycles. The van der Waals surface area contributed by atoms with Crippen molar-refractivity contribution in [3.63, 3.8) is 0 Å². The summed E-state index contributed by atoms with van der Waals surface area (Å²) in [5.41, 5.74) is 0.0153. The summed E-state index contributed by atoms with van der Waals surface area (Å²) < 4.78 is 36.4. The Morgan fingerprint density at radius 1 is 1.00 bits per heavy atom. The van der Waals surface area contributed by atoms with Gasteiger partial charge in [0.05, 0.1) is 12.7 Å². The van der Waals surface area contributed by atoms with E-state index in [1.54, 1.807) is 4.90 Å². The number of hydrogen-bond donors (Lipinski definition) is 0. The van der Waals surface area contributed by atoms with Crippen molar-refractivity contribution >= 4 is 21.9 Å². The van der Waals surface area contributed by atoms with Crippen LogP contribution in [0.15, 0.2) is 23.1 Å². The van der Waals surface area contributed by atoms with Crippen LogP contribution in [0.2, 0.25) is 0 Å². The zero-order chi connectivity index (χ0) is 21.8. The lowest BCUT2D eigenvalue weighted by atomic mass is 10.2. The largest absolute Gasteiger partial charge is 0.495 e. The number of carbonyl (C=O) groups excluding carboxylic acids is 2. The molecule has 0 fully saturated rings. The van der Waals surface area contributed by atoms with Gasteiger partial charge in [-0.15, -0.1) is 0 Å². The first kappa shape index (κ1) is 23.9. The molecule has 1 amide bonds. The van der Waals surface area contributed by atoms with E-state index >= 15 is 0 Å². The maximum Gasteiger partial charge on any atom is 0.338 e. The van der Waals surface area contributed by atoms with Crippen LogP contribution in [-0.4, -0.2) is 68.9 Å². The van der Waals surface area contributed by atoms with Crippen molar-refractivity contribution in [3.05, 3.63) is 23.8 Å². The topological polar surface area (TPSA) is 93.2 Å². The third-order valence-corrected chi connectivity index (χ3v) is 5.99. The average Bonchev–Trinajstić information content (AvgIpc) is 2.59. The van der Waals surface area contributed by atoms with E-state index in [0.717, 1.165) is 4.31 Å². The normalized spacial score (nSPS) is 13.0. The number of carbonyl (C=O) groups is 2. The number of rotatable bonds is 8. The number of methoxy groups -OCH3 is 1. The standard InChI is InChI=1S/C19H30N2O6S/c1-12(2)21(13(3)4)18(22)14(5)27-19(23)15-9-10-16(26-8)17(11-15)28(24,25)20(6)7/h9-14H,1-8H3/t14-/m1/s1. The quantitative estimate of drug-likeness (QED) is 0.605. The van der Waals surface area contributed by atoms with Crippen LogP contribution in [0, 0.1) is 0 Å². The second-order valence-electron chi connectivity index (χ2n) is 7.13. The van der Waals surface area contributed by atoms with Crippen LogP contribution in [0.4, 0.5) is 0 Å². The summed E-state index contributed by atoms with van der Waals surface area (Å²) >= 11 is 0. The van der Waals surface area contributed by atoms with E-state index in [1.165, 1.54) is 46.3 Å². The molecule has 0 aliphatic heterocycles. The fraction of sp³-hybridized carbons (Fsp3) is 0.579. The van der Waals surface area contributed by atoms with Crippen LogP contribution in [0.25, 0.3) is 0 Å².